The first-order chi connectivity index (χ1) is 9.77. The summed E-state index contributed by atoms with van der Waals surface area (Å²) in [6.45, 7) is 6.30. The van der Waals surface area contributed by atoms with Crippen LogP contribution in [0.4, 0.5) is 8.78 Å². The number of benzene rings is 1. The molecule has 112 valence electrons. The maximum Gasteiger partial charge on any atom is 0.162 e. The molecule has 1 fully saturated rings. The Morgan fingerprint density at radius 3 is 2.75 bits per heavy atom. The van der Waals surface area contributed by atoms with E-state index in [0.717, 1.165) is 51.9 Å². The minimum Gasteiger partial charge on any atom is -0.379 e. The average Bonchev–Trinajstić information content (AvgIpc) is 2.48. The van der Waals surface area contributed by atoms with Crippen molar-refractivity contribution in [3.63, 3.8) is 0 Å². The van der Waals surface area contributed by atoms with E-state index in [1.807, 2.05) is 0 Å². The minimum absolute atomic E-state index is 0.436. The molecule has 0 radical (unpaired) electrons. The molecule has 1 aliphatic rings. The van der Waals surface area contributed by atoms with Gasteiger partial charge in [0.25, 0.3) is 0 Å². The fourth-order valence-electron chi connectivity index (χ4n) is 2.34. The highest BCUT2D eigenvalue weighted by Gasteiger charge is 2.09. The zero-order valence-corrected chi connectivity index (χ0v) is 11.7. The third-order valence-corrected chi connectivity index (χ3v) is 3.53. The number of hydrogen-bond donors (Lipinski definition) is 1. The molecule has 0 aliphatic carbocycles. The molecule has 3 nitrogen and oxygen atoms in total. The molecular weight excluding hydrogens is 262 g/mol. The average molecular weight is 284 g/mol. The van der Waals surface area contributed by atoms with Crippen molar-refractivity contribution in [1.82, 2.24) is 10.2 Å². The van der Waals surface area contributed by atoms with E-state index in [1.54, 1.807) is 12.1 Å². The first kappa shape index (κ1) is 15.4. The molecule has 20 heavy (non-hydrogen) atoms. The number of rotatable bonds is 7. The Morgan fingerprint density at radius 1 is 1.15 bits per heavy atom. The number of nitrogens with zero attached hydrogens (tertiary/aromatic N) is 1. The Labute approximate surface area is 118 Å². The maximum atomic E-state index is 13.4. The van der Waals surface area contributed by atoms with Crippen LogP contribution in [-0.4, -0.2) is 50.8 Å². The summed E-state index contributed by atoms with van der Waals surface area (Å²) in [5.74, 6) is -1.49. The van der Waals surface area contributed by atoms with Crippen LogP contribution >= 0.6 is 0 Å². The molecule has 0 atom stereocenters. The van der Waals surface area contributed by atoms with Crippen LogP contribution in [0.15, 0.2) is 18.2 Å². The van der Waals surface area contributed by atoms with E-state index in [1.165, 1.54) is 0 Å². The lowest BCUT2D eigenvalue weighted by atomic mass is 10.1. The van der Waals surface area contributed by atoms with Crippen LogP contribution < -0.4 is 5.32 Å². The number of morpholine rings is 1. The normalized spacial score (nSPS) is 16.5. The van der Waals surface area contributed by atoms with Gasteiger partial charge in [0.15, 0.2) is 11.6 Å². The summed E-state index contributed by atoms with van der Waals surface area (Å²) in [5, 5.41) is 3.27. The monoisotopic (exact) mass is 284 g/mol. The fraction of sp³-hybridized carbons (Fsp3) is 0.600. The van der Waals surface area contributed by atoms with Crippen molar-refractivity contribution < 1.29 is 13.5 Å². The molecule has 1 aromatic carbocycles. The van der Waals surface area contributed by atoms with Gasteiger partial charge in [0.1, 0.15) is 0 Å². The molecule has 1 aliphatic heterocycles. The lowest BCUT2D eigenvalue weighted by molar-refractivity contribution is 0.0375. The van der Waals surface area contributed by atoms with Gasteiger partial charge in [0.05, 0.1) is 13.2 Å². The van der Waals surface area contributed by atoms with E-state index in [4.69, 9.17) is 4.74 Å². The van der Waals surface area contributed by atoms with Crippen molar-refractivity contribution in [3.8, 4) is 0 Å². The van der Waals surface area contributed by atoms with Gasteiger partial charge in [-0.2, -0.15) is 0 Å². The van der Waals surface area contributed by atoms with Crippen LogP contribution in [-0.2, 0) is 11.2 Å². The number of nitrogens with one attached hydrogen (secondary N) is 1. The number of ether oxygens (including phenoxy) is 1. The summed E-state index contributed by atoms with van der Waals surface area (Å²) in [6.07, 6.45) is 1.58. The summed E-state index contributed by atoms with van der Waals surface area (Å²) >= 11 is 0. The molecule has 5 heteroatoms. The van der Waals surface area contributed by atoms with Gasteiger partial charge in [-0.1, -0.05) is 12.1 Å². The Morgan fingerprint density at radius 2 is 1.95 bits per heavy atom. The predicted octanol–water partition coefficient (Wildman–Crippen LogP) is 1.82. The largest absolute Gasteiger partial charge is 0.379 e. The Kier molecular flexibility index (Phi) is 6.36. The molecule has 1 saturated heterocycles. The molecule has 0 bridgehead atoms. The molecule has 2 rings (SSSR count). The second-order valence-electron chi connectivity index (χ2n) is 5.02. The van der Waals surface area contributed by atoms with Crippen LogP contribution in [0.5, 0.6) is 0 Å². The Balaban J connectivity index is 1.56. The van der Waals surface area contributed by atoms with Crippen LogP contribution in [0.25, 0.3) is 0 Å². The smallest absolute Gasteiger partial charge is 0.162 e. The summed E-state index contributed by atoms with van der Waals surface area (Å²) in [4.78, 5) is 2.39. The minimum atomic E-state index is -0.769. The van der Waals surface area contributed by atoms with Crippen LogP contribution in [0.1, 0.15) is 12.0 Å². The van der Waals surface area contributed by atoms with E-state index in [2.05, 4.69) is 10.2 Å². The van der Waals surface area contributed by atoms with E-state index in [-0.39, 0.29) is 0 Å². The van der Waals surface area contributed by atoms with E-state index < -0.39 is 11.6 Å². The van der Waals surface area contributed by atoms with E-state index in [9.17, 15) is 8.78 Å². The van der Waals surface area contributed by atoms with Crippen LogP contribution in [0.2, 0.25) is 0 Å². The van der Waals surface area contributed by atoms with Gasteiger partial charge < -0.3 is 10.1 Å². The SMILES string of the molecule is Fc1cccc(CCNCCCN2CCOCC2)c1F. The lowest BCUT2D eigenvalue weighted by Gasteiger charge is -2.26. The molecule has 0 amide bonds. The predicted molar refractivity (Wildman–Crippen MR) is 74.8 cm³/mol. The summed E-state index contributed by atoms with van der Waals surface area (Å²) in [6, 6.07) is 4.33. The summed E-state index contributed by atoms with van der Waals surface area (Å²) in [7, 11) is 0. The van der Waals surface area contributed by atoms with Crippen molar-refractivity contribution in [2.24, 2.45) is 0 Å². The Bertz CT molecular complexity index is 409. The zero-order valence-electron chi connectivity index (χ0n) is 11.7. The van der Waals surface area contributed by atoms with Gasteiger partial charge in [-0.25, -0.2) is 8.78 Å². The van der Waals surface area contributed by atoms with Gasteiger partial charge in [-0.15, -0.1) is 0 Å². The fourth-order valence-corrected chi connectivity index (χ4v) is 2.34. The third kappa shape index (κ3) is 4.81. The van der Waals surface area contributed by atoms with Crippen molar-refractivity contribution in [1.29, 1.82) is 0 Å². The molecule has 1 N–H and O–H groups in total. The summed E-state index contributed by atoms with van der Waals surface area (Å²) < 4.78 is 31.7. The second kappa shape index (κ2) is 8.29. The molecule has 1 aromatic rings. The lowest BCUT2D eigenvalue weighted by Crippen LogP contribution is -2.37. The van der Waals surface area contributed by atoms with Crippen LogP contribution in [0.3, 0.4) is 0 Å². The highest BCUT2D eigenvalue weighted by molar-refractivity contribution is 5.19. The molecular formula is C15H22F2N2O. The van der Waals surface area contributed by atoms with Gasteiger partial charge >= 0.3 is 0 Å². The van der Waals surface area contributed by atoms with Gasteiger partial charge in [0.2, 0.25) is 0 Å². The highest BCUT2D eigenvalue weighted by atomic mass is 19.2. The number of halogens is 2. The molecule has 0 spiro atoms. The highest BCUT2D eigenvalue weighted by Crippen LogP contribution is 2.11. The quantitative estimate of drug-likeness (QED) is 0.773. The maximum absolute atomic E-state index is 13.4. The van der Waals surface area contributed by atoms with Gasteiger partial charge in [-0.05, 0) is 44.1 Å². The molecule has 0 aromatic heterocycles. The molecule has 1 heterocycles. The second-order valence-corrected chi connectivity index (χ2v) is 5.02. The summed E-state index contributed by atoms with van der Waals surface area (Å²) in [5.41, 5.74) is 0.436. The van der Waals surface area contributed by atoms with Gasteiger partial charge in [0, 0.05) is 13.1 Å². The van der Waals surface area contributed by atoms with Crippen molar-refractivity contribution in [2.75, 3.05) is 45.9 Å². The first-order valence-corrected chi connectivity index (χ1v) is 7.21. The van der Waals surface area contributed by atoms with Crippen molar-refractivity contribution in [2.45, 2.75) is 12.8 Å². The first-order valence-electron chi connectivity index (χ1n) is 7.21. The molecule has 0 unspecified atom stereocenters. The third-order valence-electron chi connectivity index (χ3n) is 3.53. The van der Waals surface area contributed by atoms with Crippen LogP contribution in [0, 0.1) is 11.6 Å². The number of hydrogen-bond acceptors (Lipinski definition) is 3. The van der Waals surface area contributed by atoms with Crippen molar-refractivity contribution in [3.05, 3.63) is 35.4 Å². The zero-order chi connectivity index (χ0) is 14.2. The van der Waals surface area contributed by atoms with Gasteiger partial charge in [-0.3, -0.25) is 4.90 Å². The standard InChI is InChI=1S/C15H22F2N2O/c16-14-4-1-3-13(15(14)17)5-7-18-6-2-8-19-9-11-20-12-10-19/h1,3-4,18H,2,5-12H2. The van der Waals surface area contributed by atoms with Crippen molar-refractivity contribution >= 4 is 0 Å². The molecule has 0 saturated carbocycles. The topological polar surface area (TPSA) is 24.5 Å². The van der Waals surface area contributed by atoms with E-state index >= 15 is 0 Å². The Hall–Kier alpha value is -1.04. The van der Waals surface area contributed by atoms with E-state index in [0.29, 0.717) is 18.5 Å².